The molecule has 27 heavy (non-hydrogen) atoms. The zero-order chi connectivity index (χ0) is 19.4. The number of hydrogen-bond acceptors (Lipinski definition) is 2. The van der Waals surface area contributed by atoms with Crippen molar-refractivity contribution in [3.8, 4) is 0 Å². The Morgan fingerprint density at radius 1 is 0.926 bits per heavy atom. The van der Waals surface area contributed by atoms with E-state index in [4.69, 9.17) is 0 Å². The number of benzene rings is 1. The molecule has 5 heteroatoms. The molecule has 1 aromatic carbocycles. The molecule has 0 saturated carbocycles. The van der Waals surface area contributed by atoms with Crippen LogP contribution in [0.5, 0.6) is 0 Å². The van der Waals surface area contributed by atoms with Gasteiger partial charge in [0.25, 0.3) is 5.91 Å². The number of aryl methyl sites for hydroxylation is 1. The predicted molar refractivity (Wildman–Crippen MR) is 107 cm³/mol. The molecule has 2 heterocycles. The van der Waals surface area contributed by atoms with Gasteiger partial charge in [0, 0.05) is 51.2 Å². The van der Waals surface area contributed by atoms with Crippen LogP contribution in [-0.2, 0) is 24.7 Å². The van der Waals surface area contributed by atoms with Crippen LogP contribution in [0.25, 0.3) is 0 Å². The van der Waals surface area contributed by atoms with Crippen LogP contribution in [0.4, 0.5) is 0 Å². The molecule has 0 atom stereocenters. The number of carbonyl (C=O) groups is 2. The third kappa shape index (κ3) is 5.00. The van der Waals surface area contributed by atoms with Gasteiger partial charge in [-0.05, 0) is 41.7 Å². The standard InChI is InChI=1S/C22H29N3O2/c1-17(2)14-18-4-6-20(7-5-18)22(27)25-12-10-24(11-13-25)21(26)15-19-8-9-23(3)16-19/h4-9,16-17H,10-15H2,1-3H3. The Balaban J connectivity index is 1.52. The minimum Gasteiger partial charge on any atom is -0.357 e. The maximum atomic E-state index is 12.7. The van der Waals surface area contributed by atoms with Gasteiger partial charge in [0.1, 0.15) is 0 Å². The van der Waals surface area contributed by atoms with E-state index >= 15 is 0 Å². The third-order valence-corrected chi connectivity index (χ3v) is 5.01. The zero-order valence-corrected chi connectivity index (χ0v) is 16.5. The molecule has 0 unspecified atom stereocenters. The maximum absolute atomic E-state index is 12.7. The first kappa shape index (κ1) is 19.2. The quantitative estimate of drug-likeness (QED) is 0.816. The molecule has 5 nitrogen and oxygen atoms in total. The summed E-state index contributed by atoms with van der Waals surface area (Å²) in [6, 6.07) is 9.92. The number of rotatable bonds is 5. The number of amides is 2. The molecule has 1 aliphatic rings. The van der Waals surface area contributed by atoms with E-state index < -0.39 is 0 Å². The molecular weight excluding hydrogens is 338 g/mol. The number of carbonyl (C=O) groups excluding carboxylic acids is 2. The third-order valence-electron chi connectivity index (χ3n) is 5.01. The maximum Gasteiger partial charge on any atom is 0.253 e. The molecule has 2 aromatic rings. The summed E-state index contributed by atoms with van der Waals surface area (Å²) in [5, 5.41) is 0. The molecule has 144 valence electrons. The van der Waals surface area contributed by atoms with E-state index in [1.54, 1.807) is 0 Å². The van der Waals surface area contributed by atoms with Crippen LogP contribution in [0.2, 0.25) is 0 Å². The predicted octanol–water partition coefficient (Wildman–Crippen LogP) is 2.75. The van der Waals surface area contributed by atoms with Crippen LogP contribution in [-0.4, -0.2) is 52.4 Å². The van der Waals surface area contributed by atoms with Gasteiger partial charge in [-0.15, -0.1) is 0 Å². The molecular formula is C22H29N3O2. The largest absolute Gasteiger partial charge is 0.357 e. The highest BCUT2D eigenvalue weighted by Crippen LogP contribution is 2.14. The number of aromatic nitrogens is 1. The van der Waals surface area contributed by atoms with E-state index in [1.807, 2.05) is 64.1 Å². The molecule has 3 rings (SSSR count). The van der Waals surface area contributed by atoms with E-state index in [9.17, 15) is 9.59 Å². The fourth-order valence-corrected chi connectivity index (χ4v) is 3.55. The minimum atomic E-state index is 0.0567. The zero-order valence-electron chi connectivity index (χ0n) is 16.5. The average molecular weight is 367 g/mol. The molecule has 0 radical (unpaired) electrons. The highest BCUT2D eigenvalue weighted by Gasteiger charge is 2.25. The summed E-state index contributed by atoms with van der Waals surface area (Å²) in [6.45, 7) is 6.77. The number of nitrogens with zero attached hydrogens (tertiary/aromatic N) is 3. The fourth-order valence-electron chi connectivity index (χ4n) is 3.55. The molecule has 0 aliphatic carbocycles. The van der Waals surface area contributed by atoms with Crippen LogP contribution in [0.15, 0.2) is 42.7 Å². The molecule has 1 fully saturated rings. The lowest BCUT2D eigenvalue weighted by atomic mass is 10.0. The normalized spacial score (nSPS) is 14.7. The molecule has 2 amide bonds. The van der Waals surface area contributed by atoms with E-state index in [0.29, 0.717) is 38.5 Å². The first-order valence-electron chi connectivity index (χ1n) is 9.69. The van der Waals surface area contributed by atoms with Gasteiger partial charge in [-0.2, -0.15) is 0 Å². The lowest BCUT2D eigenvalue weighted by molar-refractivity contribution is -0.131. The Morgan fingerprint density at radius 2 is 1.56 bits per heavy atom. The van der Waals surface area contributed by atoms with Gasteiger partial charge in [-0.1, -0.05) is 26.0 Å². The van der Waals surface area contributed by atoms with Crippen molar-refractivity contribution in [2.24, 2.45) is 13.0 Å². The molecule has 0 bridgehead atoms. The van der Waals surface area contributed by atoms with Crippen LogP contribution >= 0.6 is 0 Å². The summed E-state index contributed by atoms with van der Waals surface area (Å²) in [4.78, 5) is 28.9. The Labute approximate surface area is 161 Å². The second kappa shape index (κ2) is 8.42. The van der Waals surface area contributed by atoms with Crippen molar-refractivity contribution in [2.45, 2.75) is 26.7 Å². The van der Waals surface area contributed by atoms with Gasteiger partial charge in [0.15, 0.2) is 0 Å². The van der Waals surface area contributed by atoms with Crippen LogP contribution in [0, 0.1) is 5.92 Å². The Bertz CT molecular complexity index is 784. The summed E-state index contributed by atoms with van der Waals surface area (Å²) < 4.78 is 1.95. The van der Waals surface area contributed by atoms with Gasteiger partial charge in [-0.3, -0.25) is 9.59 Å². The Morgan fingerprint density at radius 3 is 2.11 bits per heavy atom. The fraction of sp³-hybridized carbons (Fsp3) is 0.455. The van der Waals surface area contributed by atoms with Gasteiger partial charge in [0.05, 0.1) is 6.42 Å². The van der Waals surface area contributed by atoms with Crippen molar-refractivity contribution < 1.29 is 9.59 Å². The first-order valence-corrected chi connectivity index (χ1v) is 9.69. The lowest BCUT2D eigenvalue weighted by Crippen LogP contribution is -2.51. The highest BCUT2D eigenvalue weighted by molar-refractivity contribution is 5.94. The van der Waals surface area contributed by atoms with E-state index in [-0.39, 0.29) is 11.8 Å². The molecule has 1 aliphatic heterocycles. The van der Waals surface area contributed by atoms with Gasteiger partial charge in [-0.25, -0.2) is 0 Å². The summed E-state index contributed by atoms with van der Waals surface area (Å²) in [6.07, 6.45) is 5.37. The van der Waals surface area contributed by atoms with Crippen molar-refractivity contribution >= 4 is 11.8 Å². The second-order valence-corrected chi connectivity index (χ2v) is 7.83. The monoisotopic (exact) mass is 367 g/mol. The van der Waals surface area contributed by atoms with Crippen LogP contribution < -0.4 is 0 Å². The second-order valence-electron chi connectivity index (χ2n) is 7.83. The van der Waals surface area contributed by atoms with Crippen molar-refractivity contribution in [3.05, 3.63) is 59.4 Å². The smallest absolute Gasteiger partial charge is 0.253 e. The SMILES string of the molecule is CC(C)Cc1ccc(C(=O)N2CCN(C(=O)Cc3ccn(C)c3)CC2)cc1. The van der Waals surface area contributed by atoms with Crippen LogP contribution in [0.3, 0.4) is 0 Å². The molecule has 0 N–H and O–H groups in total. The van der Waals surface area contributed by atoms with Crippen molar-refractivity contribution in [1.29, 1.82) is 0 Å². The minimum absolute atomic E-state index is 0.0567. The highest BCUT2D eigenvalue weighted by atomic mass is 16.2. The van der Waals surface area contributed by atoms with Gasteiger partial charge >= 0.3 is 0 Å². The molecule has 0 spiro atoms. The Kier molecular flexibility index (Phi) is 5.99. The summed E-state index contributed by atoms with van der Waals surface area (Å²) >= 11 is 0. The summed E-state index contributed by atoms with van der Waals surface area (Å²) in [5.41, 5.74) is 3.02. The average Bonchev–Trinajstić information content (AvgIpc) is 3.06. The molecule has 1 aromatic heterocycles. The topological polar surface area (TPSA) is 45.6 Å². The van der Waals surface area contributed by atoms with Crippen LogP contribution in [0.1, 0.15) is 35.3 Å². The van der Waals surface area contributed by atoms with E-state index in [2.05, 4.69) is 13.8 Å². The number of hydrogen-bond donors (Lipinski definition) is 0. The van der Waals surface area contributed by atoms with E-state index in [0.717, 1.165) is 17.5 Å². The summed E-state index contributed by atoms with van der Waals surface area (Å²) in [5.74, 6) is 0.792. The summed E-state index contributed by atoms with van der Waals surface area (Å²) in [7, 11) is 1.95. The number of piperazine rings is 1. The van der Waals surface area contributed by atoms with Gasteiger partial charge in [0.2, 0.25) is 5.91 Å². The van der Waals surface area contributed by atoms with Crippen molar-refractivity contribution in [3.63, 3.8) is 0 Å². The van der Waals surface area contributed by atoms with Gasteiger partial charge < -0.3 is 14.4 Å². The first-order chi connectivity index (χ1) is 12.9. The lowest BCUT2D eigenvalue weighted by Gasteiger charge is -2.35. The van der Waals surface area contributed by atoms with E-state index in [1.165, 1.54) is 5.56 Å². The Hall–Kier alpha value is -2.56. The van der Waals surface area contributed by atoms with Crippen molar-refractivity contribution in [1.82, 2.24) is 14.4 Å². The van der Waals surface area contributed by atoms with Crippen molar-refractivity contribution in [2.75, 3.05) is 26.2 Å². The molecule has 1 saturated heterocycles.